The topological polar surface area (TPSA) is 32.3 Å². The van der Waals surface area contributed by atoms with E-state index < -0.39 is 0 Å². The molecule has 0 fully saturated rings. The number of nitrogens with zero attached hydrogens (tertiary/aromatic N) is 1. The molecule has 0 spiro atoms. The van der Waals surface area contributed by atoms with Crippen LogP contribution in [0.2, 0.25) is 0 Å². The summed E-state index contributed by atoms with van der Waals surface area (Å²) in [5, 5.41) is 3.39. The molecule has 0 radical (unpaired) electrons. The third-order valence-electron chi connectivity index (χ3n) is 4.51. The van der Waals surface area contributed by atoms with E-state index in [2.05, 4.69) is 35.6 Å². The van der Waals surface area contributed by atoms with Gasteiger partial charge in [0.2, 0.25) is 5.91 Å². The van der Waals surface area contributed by atoms with Crippen molar-refractivity contribution < 1.29 is 4.79 Å². The van der Waals surface area contributed by atoms with Crippen molar-refractivity contribution in [3.8, 4) is 0 Å². The highest BCUT2D eigenvalue weighted by molar-refractivity contribution is 5.99. The van der Waals surface area contributed by atoms with Crippen LogP contribution in [0, 0.1) is 0 Å². The number of para-hydroxylation sites is 1. The zero-order valence-corrected chi connectivity index (χ0v) is 11.9. The second kappa shape index (κ2) is 5.01. The summed E-state index contributed by atoms with van der Waals surface area (Å²) in [6, 6.07) is 16.3. The van der Waals surface area contributed by atoms with Crippen molar-refractivity contribution in [2.75, 3.05) is 18.0 Å². The SMILES string of the molecule is O=C(C1NCCc2ccccc21)N1CCc2ccccc21. The van der Waals surface area contributed by atoms with E-state index in [0.717, 1.165) is 37.2 Å². The van der Waals surface area contributed by atoms with Gasteiger partial charge in [-0.05, 0) is 35.6 Å². The maximum atomic E-state index is 13.0. The molecule has 21 heavy (non-hydrogen) atoms. The Hall–Kier alpha value is -2.13. The number of fused-ring (bicyclic) bond motifs is 2. The summed E-state index contributed by atoms with van der Waals surface area (Å²) in [5.41, 5.74) is 4.78. The van der Waals surface area contributed by atoms with Crippen LogP contribution >= 0.6 is 0 Å². The van der Waals surface area contributed by atoms with Crippen LogP contribution < -0.4 is 10.2 Å². The lowest BCUT2D eigenvalue weighted by Crippen LogP contribution is -2.43. The number of carbonyl (C=O) groups excluding carboxylic acids is 1. The first-order chi connectivity index (χ1) is 10.3. The number of carbonyl (C=O) groups is 1. The van der Waals surface area contributed by atoms with Crippen LogP contribution in [-0.2, 0) is 17.6 Å². The molecular formula is C18H18N2O. The summed E-state index contributed by atoms with van der Waals surface area (Å²) in [7, 11) is 0. The lowest BCUT2D eigenvalue weighted by Gasteiger charge is -2.29. The average molecular weight is 278 g/mol. The Morgan fingerprint density at radius 2 is 1.76 bits per heavy atom. The van der Waals surface area contributed by atoms with Gasteiger partial charge in [0.15, 0.2) is 0 Å². The van der Waals surface area contributed by atoms with E-state index in [1.807, 2.05) is 23.1 Å². The number of benzene rings is 2. The number of nitrogens with one attached hydrogen (secondary N) is 1. The number of rotatable bonds is 1. The predicted octanol–water partition coefficient (Wildman–Crippen LogP) is 2.46. The minimum atomic E-state index is -0.207. The van der Waals surface area contributed by atoms with E-state index >= 15 is 0 Å². The third kappa shape index (κ3) is 2.05. The fraction of sp³-hybridized carbons (Fsp3) is 0.278. The Labute approximate surface area is 124 Å². The normalized spacial score (nSPS) is 20.0. The Balaban J connectivity index is 1.68. The number of hydrogen-bond donors (Lipinski definition) is 1. The summed E-state index contributed by atoms with van der Waals surface area (Å²) in [4.78, 5) is 14.9. The Morgan fingerprint density at radius 3 is 2.67 bits per heavy atom. The monoisotopic (exact) mass is 278 g/mol. The first kappa shape index (κ1) is 12.6. The van der Waals surface area contributed by atoms with Gasteiger partial charge in [-0.3, -0.25) is 4.79 Å². The zero-order valence-electron chi connectivity index (χ0n) is 11.9. The molecule has 0 aromatic heterocycles. The molecule has 0 saturated carbocycles. The van der Waals surface area contributed by atoms with Crippen molar-refractivity contribution in [3.05, 3.63) is 65.2 Å². The van der Waals surface area contributed by atoms with Gasteiger partial charge in [0, 0.05) is 18.8 Å². The molecule has 1 atom stereocenters. The number of anilines is 1. The molecule has 2 aromatic rings. The first-order valence-corrected chi connectivity index (χ1v) is 7.55. The summed E-state index contributed by atoms with van der Waals surface area (Å²) in [6.45, 7) is 1.65. The largest absolute Gasteiger partial charge is 0.310 e. The molecule has 2 heterocycles. The van der Waals surface area contributed by atoms with Crippen molar-refractivity contribution in [2.45, 2.75) is 18.9 Å². The lowest BCUT2D eigenvalue weighted by molar-refractivity contribution is -0.120. The van der Waals surface area contributed by atoms with Gasteiger partial charge in [0.25, 0.3) is 0 Å². The first-order valence-electron chi connectivity index (χ1n) is 7.55. The molecule has 2 aliphatic rings. The summed E-state index contributed by atoms with van der Waals surface area (Å²) < 4.78 is 0. The Kier molecular flexibility index (Phi) is 3.00. The second-order valence-electron chi connectivity index (χ2n) is 5.70. The van der Waals surface area contributed by atoms with Crippen LogP contribution in [0.4, 0.5) is 5.69 Å². The highest BCUT2D eigenvalue weighted by Crippen LogP contribution is 2.32. The number of amides is 1. The van der Waals surface area contributed by atoms with E-state index in [0.29, 0.717) is 0 Å². The van der Waals surface area contributed by atoms with E-state index in [4.69, 9.17) is 0 Å². The van der Waals surface area contributed by atoms with Crippen LogP contribution in [0.3, 0.4) is 0 Å². The van der Waals surface area contributed by atoms with Crippen LogP contribution in [0.25, 0.3) is 0 Å². The maximum Gasteiger partial charge on any atom is 0.248 e. The van der Waals surface area contributed by atoms with Gasteiger partial charge in [0.1, 0.15) is 6.04 Å². The molecule has 2 aliphatic heterocycles. The highest BCUT2D eigenvalue weighted by Gasteiger charge is 2.33. The van der Waals surface area contributed by atoms with Gasteiger partial charge < -0.3 is 10.2 Å². The highest BCUT2D eigenvalue weighted by atomic mass is 16.2. The molecule has 1 N–H and O–H groups in total. The van der Waals surface area contributed by atoms with Gasteiger partial charge in [-0.25, -0.2) is 0 Å². The van der Waals surface area contributed by atoms with Crippen molar-refractivity contribution in [3.63, 3.8) is 0 Å². The molecule has 106 valence electrons. The van der Waals surface area contributed by atoms with Crippen LogP contribution in [-0.4, -0.2) is 19.0 Å². The molecule has 0 aliphatic carbocycles. The van der Waals surface area contributed by atoms with E-state index in [1.54, 1.807) is 0 Å². The van der Waals surface area contributed by atoms with Crippen LogP contribution in [0.1, 0.15) is 22.7 Å². The molecule has 3 nitrogen and oxygen atoms in total. The molecule has 1 unspecified atom stereocenters. The van der Waals surface area contributed by atoms with Gasteiger partial charge in [0.05, 0.1) is 0 Å². The average Bonchev–Trinajstić information content (AvgIpc) is 2.98. The van der Waals surface area contributed by atoms with Gasteiger partial charge in [-0.2, -0.15) is 0 Å². The fourth-order valence-electron chi connectivity index (χ4n) is 3.45. The minimum absolute atomic E-state index is 0.173. The molecule has 1 amide bonds. The molecule has 0 bridgehead atoms. The Morgan fingerprint density at radius 1 is 1.00 bits per heavy atom. The second-order valence-corrected chi connectivity index (χ2v) is 5.70. The molecule has 2 aromatic carbocycles. The van der Waals surface area contributed by atoms with Crippen LogP contribution in [0.5, 0.6) is 0 Å². The summed E-state index contributed by atoms with van der Waals surface area (Å²) >= 11 is 0. The van der Waals surface area contributed by atoms with Crippen molar-refractivity contribution in [2.24, 2.45) is 0 Å². The van der Waals surface area contributed by atoms with Crippen molar-refractivity contribution in [1.29, 1.82) is 0 Å². The standard InChI is InChI=1S/C18H18N2O/c21-18(20-12-10-14-6-2-4-8-16(14)20)17-15-7-3-1-5-13(15)9-11-19-17/h1-8,17,19H,9-12H2. The van der Waals surface area contributed by atoms with Gasteiger partial charge >= 0.3 is 0 Å². The van der Waals surface area contributed by atoms with E-state index in [1.165, 1.54) is 11.1 Å². The summed E-state index contributed by atoms with van der Waals surface area (Å²) in [5.74, 6) is 0.173. The Bertz CT molecular complexity index is 695. The minimum Gasteiger partial charge on any atom is -0.310 e. The molecular weight excluding hydrogens is 260 g/mol. The molecule has 0 saturated heterocycles. The van der Waals surface area contributed by atoms with E-state index in [-0.39, 0.29) is 11.9 Å². The predicted molar refractivity (Wildman–Crippen MR) is 83.4 cm³/mol. The quantitative estimate of drug-likeness (QED) is 0.869. The number of hydrogen-bond acceptors (Lipinski definition) is 2. The van der Waals surface area contributed by atoms with E-state index in [9.17, 15) is 4.79 Å². The molecule has 4 rings (SSSR count). The van der Waals surface area contributed by atoms with Crippen molar-refractivity contribution >= 4 is 11.6 Å². The van der Waals surface area contributed by atoms with Gasteiger partial charge in [-0.15, -0.1) is 0 Å². The molecule has 3 heteroatoms. The zero-order chi connectivity index (χ0) is 14.2. The summed E-state index contributed by atoms with van der Waals surface area (Å²) in [6.07, 6.45) is 1.95. The van der Waals surface area contributed by atoms with Crippen LogP contribution in [0.15, 0.2) is 48.5 Å². The van der Waals surface area contributed by atoms with Crippen molar-refractivity contribution in [1.82, 2.24) is 5.32 Å². The fourth-order valence-corrected chi connectivity index (χ4v) is 3.45. The van der Waals surface area contributed by atoms with Gasteiger partial charge in [-0.1, -0.05) is 42.5 Å². The smallest absolute Gasteiger partial charge is 0.248 e. The maximum absolute atomic E-state index is 13.0. The lowest BCUT2D eigenvalue weighted by atomic mass is 9.93. The third-order valence-corrected chi connectivity index (χ3v) is 4.51.